The number of aryl methyl sites for hydroxylation is 2. The number of carbonyl (C=O) groups is 1. The molecule has 2 heterocycles. The molecule has 0 spiro atoms. The molecule has 0 fully saturated rings. The number of hydrogen-bond acceptors (Lipinski definition) is 5. The Kier molecular flexibility index (Phi) is 7.54. The molecule has 0 aliphatic heterocycles. The van der Waals surface area contributed by atoms with E-state index in [1.54, 1.807) is 0 Å². The van der Waals surface area contributed by atoms with Gasteiger partial charge >= 0.3 is 11.4 Å². The molecule has 0 radical (unpaired) electrons. The highest BCUT2D eigenvalue weighted by molar-refractivity contribution is 5.95. The van der Waals surface area contributed by atoms with Gasteiger partial charge in [-0.05, 0) is 84.1 Å². The maximum atomic E-state index is 12.8. The number of aromatic amines is 1. The van der Waals surface area contributed by atoms with Crippen LogP contribution >= 0.6 is 0 Å². The molecule has 9 nitrogen and oxygen atoms in total. The largest absolute Gasteiger partial charge is 0.489 e. The molecule has 40 heavy (non-hydrogen) atoms. The second-order valence-corrected chi connectivity index (χ2v) is 9.72. The summed E-state index contributed by atoms with van der Waals surface area (Å²) in [5.74, 6) is -0.210. The molecule has 2 N–H and O–H groups in total. The molecule has 5 aromatic rings. The van der Waals surface area contributed by atoms with Crippen molar-refractivity contribution in [3.8, 4) is 16.9 Å². The van der Waals surface area contributed by atoms with Gasteiger partial charge in [0.15, 0.2) is 0 Å². The predicted octanol–water partition coefficient (Wildman–Crippen LogP) is 4.31. The lowest BCUT2D eigenvalue weighted by Crippen LogP contribution is -2.24. The molecule has 1 amide bonds. The maximum absolute atomic E-state index is 12.8. The van der Waals surface area contributed by atoms with Crippen LogP contribution < -0.4 is 21.5 Å². The summed E-state index contributed by atoms with van der Waals surface area (Å²) in [5, 5.41) is 3.01. The third kappa shape index (κ3) is 5.99. The van der Waals surface area contributed by atoms with Crippen molar-refractivity contribution in [1.82, 2.24) is 19.6 Å². The fourth-order valence-electron chi connectivity index (χ4n) is 4.52. The number of nitrogens with zero attached hydrogens (tertiary/aromatic N) is 2. The molecule has 2 aromatic heterocycles. The van der Waals surface area contributed by atoms with E-state index in [4.69, 9.17) is 9.26 Å². The van der Waals surface area contributed by atoms with Crippen molar-refractivity contribution in [2.75, 3.05) is 0 Å². The summed E-state index contributed by atoms with van der Waals surface area (Å²) in [6.45, 7) is 5.03. The summed E-state index contributed by atoms with van der Waals surface area (Å²) in [7, 11) is 1.99. The van der Waals surface area contributed by atoms with E-state index >= 15 is 0 Å². The topological polar surface area (TPSA) is 111 Å². The van der Waals surface area contributed by atoms with E-state index in [2.05, 4.69) is 20.9 Å². The highest BCUT2D eigenvalue weighted by Crippen LogP contribution is 2.26. The first-order valence-electron chi connectivity index (χ1n) is 12.9. The molecular formula is C31H30N4O5. The summed E-state index contributed by atoms with van der Waals surface area (Å²) >= 11 is 0. The van der Waals surface area contributed by atoms with Crippen LogP contribution in [0.4, 0.5) is 0 Å². The molecule has 0 aliphatic carbocycles. The SMILES string of the molecule is Cc1cc(C(=O)NCc2ccc(C)n2C)ccc1-c1cccc(COc2ccc(Cn3oc(=O)[nH]c3=O)cc2)c1. The fraction of sp³-hybridized carbons (Fsp3) is 0.194. The zero-order valence-corrected chi connectivity index (χ0v) is 22.6. The highest BCUT2D eigenvalue weighted by atomic mass is 16.5. The number of benzene rings is 3. The van der Waals surface area contributed by atoms with Crippen molar-refractivity contribution in [2.45, 2.75) is 33.5 Å². The number of nitrogens with one attached hydrogen (secondary N) is 2. The third-order valence-corrected chi connectivity index (χ3v) is 6.92. The Morgan fingerprint density at radius 2 is 1.75 bits per heavy atom. The van der Waals surface area contributed by atoms with Gasteiger partial charge in [0.25, 0.3) is 5.91 Å². The minimum Gasteiger partial charge on any atom is -0.489 e. The van der Waals surface area contributed by atoms with E-state index in [0.717, 1.165) is 43.9 Å². The number of ether oxygens (including phenoxy) is 1. The van der Waals surface area contributed by atoms with Crippen molar-refractivity contribution in [1.29, 1.82) is 0 Å². The normalized spacial score (nSPS) is 11.0. The molecule has 204 valence electrons. The average Bonchev–Trinajstić information content (AvgIpc) is 3.45. The van der Waals surface area contributed by atoms with Crippen molar-refractivity contribution >= 4 is 5.91 Å². The summed E-state index contributed by atoms with van der Waals surface area (Å²) in [5.41, 5.74) is 7.13. The van der Waals surface area contributed by atoms with Crippen LogP contribution in [0.1, 0.15) is 38.4 Å². The molecule has 0 bridgehead atoms. The van der Waals surface area contributed by atoms with Gasteiger partial charge in [0.1, 0.15) is 12.4 Å². The standard InChI is InChI=1S/C31H30N4O5/c1-20-15-25(29(36)32-17-26-11-7-21(2)34(26)3)10-14-28(20)24-6-4-5-23(16-24)19-39-27-12-8-22(9-13-27)18-35-30(37)33-31(38)40-35/h4-16H,17-19H2,1-3H3,(H,32,36)(H,33,37,38). The molecule has 9 heteroatoms. The van der Waals surface area contributed by atoms with Gasteiger partial charge in [0.05, 0.1) is 13.1 Å². The molecule has 0 saturated heterocycles. The molecule has 0 unspecified atom stereocenters. The Bertz CT molecular complexity index is 1770. The van der Waals surface area contributed by atoms with Gasteiger partial charge in [0.2, 0.25) is 0 Å². The summed E-state index contributed by atoms with van der Waals surface area (Å²) in [6, 6.07) is 25.2. The monoisotopic (exact) mass is 538 g/mol. The van der Waals surface area contributed by atoms with Crippen LogP contribution in [0.3, 0.4) is 0 Å². The molecular weight excluding hydrogens is 508 g/mol. The van der Waals surface area contributed by atoms with Gasteiger partial charge < -0.3 is 19.1 Å². The maximum Gasteiger partial charge on any atom is 0.440 e. The van der Waals surface area contributed by atoms with Crippen molar-refractivity contribution in [2.24, 2.45) is 7.05 Å². The Labute approximate surface area is 230 Å². The van der Waals surface area contributed by atoms with Crippen LogP contribution in [-0.4, -0.2) is 20.2 Å². The smallest absolute Gasteiger partial charge is 0.440 e. The Balaban J connectivity index is 1.21. The Morgan fingerprint density at radius 1 is 0.950 bits per heavy atom. The lowest BCUT2D eigenvalue weighted by atomic mass is 9.97. The molecule has 3 aromatic carbocycles. The molecule has 0 atom stereocenters. The average molecular weight is 539 g/mol. The van der Waals surface area contributed by atoms with Crippen LogP contribution in [0, 0.1) is 13.8 Å². The summed E-state index contributed by atoms with van der Waals surface area (Å²) in [4.78, 5) is 37.6. The van der Waals surface area contributed by atoms with Crippen LogP contribution in [-0.2, 0) is 26.7 Å². The first-order valence-corrected chi connectivity index (χ1v) is 12.9. The van der Waals surface area contributed by atoms with Crippen molar-refractivity contribution in [3.05, 3.63) is 134 Å². The molecule has 0 aliphatic rings. The number of H-pyrrole nitrogens is 1. The van der Waals surface area contributed by atoms with Gasteiger partial charge in [0, 0.05) is 24.0 Å². The van der Waals surface area contributed by atoms with Crippen molar-refractivity contribution < 1.29 is 14.1 Å². The fourth-order valence-corrected chi connectivity index (χ4v) is 4.52. The zero-order valence-electron chi connectivity index (χ0n) is 22.6. The number of aromatic nitrogens is 3. The summed E-state index contributed by atoms with van der Waals surface area (Å²) < 4.78 is 13.8. The molecule has 5 rings (SSSR count). The lowest BCUT2D eigenvalue weighted by molar-refractivity contribution is 0.0950. The van der Waals surface area contributed by atoms with E-state index in [1.165, 1.54) is 0 Å². The first-order chi connectivity index (χ1) is 19.3. The first kappa shape index (κ1) is 26.6. The van der Waals surface area contributed by atoms with Crippen molar-refractivity contribution in [3.63, 3.8) is 0 Å². The second-order valence-electron chi connectivity index (χ2n) is 9.72. The Hall–Kier alpha value is -5.05. The van der Waals surface area contributed by atoms with Crippen LogP contribution in [0.5, 0.6) is 5.75 Å². The van der Waals surface area contributed by atoms with Gasteiger partial charge in [-0.25, -0.2) is 14.6 Å². The van der Waals surface area contributed by atoms with Crippen LogP contribution in [0.15, 0.2) is 93.0 Å². The van der Waals surface area contributed by atoms with E-state index < -0.39 is 11.4 Å². The lowest BCUT2D eigenvalue weighted by Gasteiger charge is -2.12. The van der Waals surface area contributed by atoms with Gasteiger partial charge in [-0.1, -0.05) is 36.4 Å². The van der Waals surface area contributed by atoms with E-state index in [0.29, 0.717) is 24.5 Å². The third-order valence-electron chi connectivity index (χ3n) is 6.92. The van der Waals surface area contributed by atoms with Gasteiger partial charge in [-0.2, -0.15) is 0 Å². The highest BCUT2D eigenvalue weighted by Gasteiger charge is 2.11. The molecule has 0 saturated carbocycles. The van der Waals surface area contributed by atoms with E-state index in [-0.39, 0.29) is 12.5 Å². The number of hydrogen-bond donors (Lipinski definition) is 2. The minimum absolute atomic E-state index is 0.105. The Morgan fingerprint density at radius 3 is 2.42 bits per heavy atom. The minimum atomic E-state index is -0.780. The summed E-state index contributed by atoms with van der Waals surface area (Å²) in [6.07, 6.45) is 0. The number of amides is 1. The van der Waals surface area contributed by atoms with Gasteiger partial charge in [-0.3, -0.25) is 4.79 Å². The van der Waals surface area contributed by atoms with E-state index in [9.17, 15) is 14.4 Å². The van der Waals surface area contributed by atoms with Crippen LogP contribution in [0.25, 0.3) is 11.1 Å². The zero-order chi connectivity index (χ0) is 28.2. The second kappa shape index (κ2) is 11.4. The van der Waals surface area contributed by atoms with E-state index in [1.807, 2.05) is 93.7 Å². The number of carbonyl (C=O) groups excluding carboxylic acids is 1. The number of rotatable bonds is 9. The van der Waals surface area contributed by atoms with Crippen LogP contribution in [0.2, 0.25) is 0 Å². The van der Waals surface area contributed by atoms with Gasteiger partial charge in [-0.15, -0.1) is 4.74 Å². The predicted molar refractivity (Wildman–Crippen MR) is 151 cm³/mol. The quantitative estimate of drug-likeness (QED) is 0.291.